The van der Waals surface area contributed by atoms with Crippen molar-refractivity contribution >= 4 is 44.7 Å². The van der Waals surface area contributed by atoms with Gasteiger partial charge in [0.2, 0.25) is 0 Å². The van der Waals surface area contributed by atoms with E-state index in [4.69, 9.17) is 4.42 Å². The van der Waals surface area contributed by atoms with Gasteiger partial charge in [-0.3, -0.25) is 23.0 Å². The minimum atomic E-state index is -2.40. The predicted molar refractivity (Wildman–Crippen MR) is 165 cm³/mol. The Labute approximate surface area is 247 Å². The Morgan fingerprint density at radius 3 is 2.44 bits per heavy atom. The fourth-order valence-corrected chi connectivity index (χ4v) is 5.40. The van der Waals surface area contributed by atoms with Crippen LogP contribution in [-0.4, -0.2) is 38.3 Å². The summed E-state index contributed by atoms with van der Waals surface area (Å²) in [5, 5.41) is 3.42. The Hall–Kier alpha value is -5.13. The average molecular weight is 597 g/mol. The molecule has 0 radical (unpaired) electrons. The number of carbonyl (C=O) groups excluding carboxylic acids is 1. The summed E-state index contributed by atoms with van der Waals surface area (Å²) in [4.78, 5) is 31.2. The molecule has 1 amide bonds. The highest BCUT2D eigenvalue weighted by Gasteiger charge is 2.25. The molecule has 0 saturated heterocycles. The SMILES string of the molecule is CNC(=O)c1c(-c2ccc(F)cc2)oc2cc(N(C)S(=O)O)c(-c3ccc4ncn(Cc5ccccc5)c(=O)c4c3)cc12. The van der Waals surface area contributed by atoms with Gasteiger partial charge in [0.1, 0.15) is 17.2 Å². The summed E-state index contributed by atoms with van der Waals surface area (Å²) in [6.45, 7) is 0.340. The lowest BCUT2D eigenvalue weighted by atomic mass is 9.97. The molecule has 43 heavy (non-hydrogen) atoms. The molecule has 2 aromatic heterocycles. The van der Waals surface area contributed by atoms with Gasteiger partial charge in [0.05, 0.1) is 35.0 Å². The largest absolute Gasteiger partial charge is 0.455 e. The van der Waals surface area contributed by atoms with Crippen molar-refractivity contribution in [1.29, 1.82) is 0 Å². The van der Waals surface area contributed by atoms with Crippen molar-refractivity contribution in [1.82, 2.24) is 14.9 Å². The summed E-state index contributed by atoms with van der Waals surface area (Å²) in [5.74, 6) is -0.647. The normalized spacial score (nSPS) is 12.0. The molecule has 2 N–H and O–H groups in total. The molecule has 0 aliphatic heterocycles. The van der Waals surface area contributed by atoms with Crippen LogP contribution in [0.4, 0.5) is 10.1 Å². The number of anilines is 1. The van der Waals surface area contributed by atoms with Crippen LogP contribution in [0.25, 0.3) is 44.3 Å². The monoisotopic (exact) mass is 596 g/mol. The van der Waals surface area contributed by atoms with Gasteiger partial charge >= 0.3 is 0 Å². The minimum absolute atomic E-state index is 0.219. The van der Waals surface area contributed by atoms with Crippen LogP contribution in [0.2, 0.25) is 0 Å². The number of furan rings is 1. The van der Waals surface area contributed by atoms with Crippen molar-refractivity contribution in [3.8, 4) is 22.5 Å². The second-order valence-electron chi connectivity index (χ2n) is 9.88. The van der Waals surface area contributed by atoms with E-state index in [9.17, 15) is 22.7 Å². The second-order valence-corrected chi connectivity index (χ2v) is 10.9. The van der Waals surface area contributed by atoms with Crippen LogP contribution in [0.15, 0.2) is 100 Å². The zero-order valence-electron chi connectivity index (χ0n) is 23.1. The van der Waals surface area contributed by atoms with Crippen LogP contribution in [0, 0.1) is 5.82 Å². The number of halogens is 1. The van der Waals surface area contributed by atoms with Gasteiger partial charge < -0.3 is 9.73 Å². The molecule has 1 unspecified atom stereocenters. The molecule has 216 valence electrons. The van der Waals surface area contributed by atoms with Gasteiger partial charge in [-0.05, 0) is 53.6 Å². The van der Waals surface area contributed by atoms with Crippen molar-refractivity contribution in [3.05, 3.63) is 119 Å². The Morgan fingerprint density at radius 1 is 1.02 bits per heavy atom. The molecule has 0 fully saturated rings. The molecule has 0 bridgehead atoms. The number of aromatic nitrogens is 2. The Kier molecular flexibility index (Phi) is 7.34. The number of hydrogen-bond donors (Lipinski definition) is 2. The van der Waals surface area contributed by atoms with Crippen LogP contribution < -0.4 is 15.2 Å². The van der Waals surface area contributed by atoms with Crippen molar-refractivity contribution in [2.45, 2.75) is 6.54 Å². The maximum absolute atomic E-state index is 13.7. The van der Waals surface area contributed by atoms with Crippen LogP contribution >= 0.6 is 0 Å². The average Bonchev–Trinajstić information content (AvgIpc) is 3.40. The van der Waals surface area contributed by atoms with Crippen molar-refractivity contribution in [2.75, 3.05) is 18.4 Å². The molecule has 0 saturated carbocycles. The number of amides is 1. The number of fused-ring (bicyclic) bond motifs is 2. The van der Waals surface area contributed by atoms with Gasteiger partial charge in [0.15, 0.2) is 0 Å². The smallest absolute Gasteiger partial charge is 0.261 e. The summed E-state index contributed by atoms with van der Waals surface area (Å²) in [6.07, 6.45) is 1.51. The Morgan fingerprint density at radius 2 is 1.74 bits per heavy atom. The maximum Gasteiger partial charge on any atom is 0.261 e. The summed E-state index contributed by atoms with van der Waals surface area (Å²) >= 11 is -2.40. The third kappa shape index (κ3) is 5.20. The van der Waals surface area contributed by atoms with Gasteiger partial charge in [-0.2, -0.15) is 0 Å². The van der Waals surface area contributed by atoms with Gasteiger partial charge in [0, 0.05) is 36.7 Å². The van der Waals surface area contributed by atoms with E-state index < -0.39 is 23.0 Å². The zero-order chi connectivity index (χ0) is 30.2. The minimum Gasteiger partial charge on any atom is -0.455 e. The van der Waals surface area contributed by atoms with Crippen LogP contribution in [0.3, 0.4) is 0 Å². The quantitative estimate of drug-likeness (QED) is 0.232. The van der Waals surface area contributed by atoms with Gasteiger partial charge in [-0.25, -0.2) is 13.6 Å². The van der Waals surface area contributed by atoms with E-state index in [0.717, 1.165) is 9.87 Å². The summed E-state index contributed by atoms with van der Waals surface area (Å²) in [7, 11) is 2.93. The molecule has 9 nitrogen and oxygen atoms in total. The molecule has 4 aromatic carbocycles. The van der Waals surface area contributed by atoms with Crippen LogP contribution in [0.5, 0.6) is 0 Å². The fourth-order valence-electron chi connectivity index (χ4n) is 5.08. The number of nitrogens with one attached hydrogen (secondary N) is 1. The Balaban J connectivity index is 1.58. The summed E-state index contributed by atoms with van der Waals surface area (Å²) < 4.78 is 44.7. The number of carbonyl (C=O) groups is 1. The molecule has 0 aliphatic carbocycles. The van der Waals surface area contributed by atoms with Gasteiger partial charge in [-0.15, -0.1) is 0 Å². The molecular weight excluding hydrogens is 571 g/mol. The number of rotatable bonds is 7. The van der Waals surface area contributed by atoms with Crippen molar-refractivity contribution in [2.24, 2.45) is 0 Å². The summed E-state index contributed by atoms with van der Waals surface area (Å²) in [6, 6.07) is 23.5. The van der Waals surface area contributed by atoms with E-state index in [-0.39, 0.29) is 22.5 Å². The standard InChI is InChI=1S/C32H25FN4O5S/c1-34-31(38)29-25-15-23(27(36(2)43(40)41)16-28(25)42-30(29)20-8-11-22(33)12-9-20)21-10-13-26-24(14-21)32(39)37(18-35-26)17-19-6-4-3-5-7-19/h3-16,18H,17H2,1-2H3,(H,34,38)(H,40,41). The highest BCUT2D eigenvalue weighted by molar-refractivity contribution is 7.80. The third-order valence-corrected chi connectivity index (χ3v) is 7.94. The Bertz CT molecular complexity index is 2090. The first-order chi connectivity index (χ1) is 20.7. The molecule has 0 spiro atoms. The summed E-state index contributed by atoms with van der Waals surface area (Å²) in [5.41, 5.74) is 3.54. The van der Waals surface area contributed by atoms with E-state index in [1.54, 1.807) is 30.3 Å². The molecule has 1 atom stereocenters. The van der Waals surface area contributed by atoms with Crippen LogP contribution in [0.1, 0.15) is 15.9 Å². The second kappa shape index (κ2) is 11.3. The van der Waals surface area contributed by atoms with E-state index in [0.29, 0.717) is 45.2 Å². The molecular formula is C32H25FN4O5S. The van der Waals surface area contributed by atoms with E-state index in [1.165, 1.54) is 49.3 Å². The maximum atomic E-state index is 13.7. The number of benzene rings is 4. The first kappa shape index (κ1) is 28.0. The lowest BCUT2D eigenvalue weighted by molar-refractivity contribution is 0.0964. The fraction of sp³-hybridized carbons (Fsp3) is 0.0938. The first-order valence-corrected chi connectivity index (χ1v) is 14.3. The predicted octanol–water partition coefficient (Wildman–Crippen LogP) is 5.60. The molecule has 6 rings (SSSR count). The molecule has 11 heteroatoms. The molecule has 6 aromatic rings. The van der Waals surface area contributed by atoms with Gasteiger partial charge in [-0.1, -0.05) is 36.4 Å². The molecule has 2 heterocycles. The number of nitrogens with zero attached hydrogens (tertiary/aromatic N) is 3. The lowest BCUT2D eigenvalue weighted by Crippen LogP contribution is -2.21. The van der Waals surface area contributed by atoms with Crippen molar-refractivity contribution < 1.29 is 22.4 Å². The van der Waals surface area contributed by atoms with E-state index in [1.807, 2.05) is 30.3 Å². The van der Waals surface area contributed by atoms with E-state index in [2.05, 4.69) is 10.3 Å². The molecule has 0 aliphatic rings. The highest BCUT2D eigenvalue weighted by atomic mass is 32.2. The van der Waals surface area contributed by atoms with Crippen LogP contribution in [-0.2, 0) is 17.8 Å². The first-order valence-electron chi connectivity index (χ1n) is 13.2. The topological polar surface area (TPSA) is 118 Å². The zero-order valence-corrected chi connectivity index (χ0v) is 23.9. The highest BCUT2D eigenvalue weighted by Crippen LogP contribution is 2.41. The number of hydrogen-bond acceptors (Lipinski definition) is 5. The van der Waals surface area contributed by atoms with Gasteiger partial charge in [0.25, 0.3) is 22.7 Å². The van der Waals surface area contributed by atoms with E-state index >= 15 is 0 Å². The lowest BCUT2D eigenvalue weighted by Gasteiger charge is -2.19. The third-order valence-electron chi connectivity index (χ3n) is 7.27. The van der Waals surface area contributed by atoms with Crippen molar-refractivity contribution in [3.63, 3.8) is 0 Å².